The lowest BCUT2D eigenvalue weighted by Gasteiger charge is -2.19. The lowest BCUT2D eigenvalue weighted by Crippen LogP contribution is -2.27. The Balaban J connectivity index is 2.27. The molecule has 0 aliphatic carbocycles. The molecule has 2 aromatic rings. The van der Waals surface area contributed by atoms with Crippen LogP contribution in [0.15, 0.2) is 47.4 Å². The molecule has 0 bridgehead atoms. The van der Waals surface area contributed by atoms with Gasteiger partial charge in [0.05, 0.1) is 12.0 Å². The number of hydrogen-bond acceptors (Lipinski definition) is 4. The van der Waals surface area contributed by atoms with Crippen molar-refractivity contribution in [1.82, 2.24) is 9.62 Å². The number of ether oxygens (including phenoxy) is 1. The fourth-order valence-corrected chi connectivity index (χ4v) is 3.30. The van der Waals surface area contributed by atoms with Crippen LogP contribution in [0.3, 0.4) is 0 Å². The van der Waals surface area contributed by atoms with Crippen LogP contribution >= 0.6 is 11.6 Å². The van der Waals surface area contributed by atoms with Crippen LogP contribution in [0.4, 0.5) is 0 Å². The average molecular weight is 383 g/mol. The third-order valence-electron chi connectivity index (χ3n) is 3.66. The Hall–Kier alpha value is -2.09. The highest BCUT2D eigenvalue weighted by Crippen LogP contribution is 2.24. The first-order chi connectivity index (χ1) is 11.8. The van der Waals surface area contributed by atoms with Gasteiger partial charge in [-0.25, -0.2) is 13.1 Å². The van der Waals surface area contributed by atoms with Gasteiger partial charge >= 0.3 is 0 Å². The van der Waals surface area contributed by atoms with Crippen molar-refractivity contribution in [1.29, 1.82) is 0 Å². The molecule has 0 unspecified atom stereocenters. The average Bonchev–Trinajstić information content (AvgIpc) is 2.61. The van der Waals surface area contributed by atoms with Gasteiger partial charge in [-0.2, -0.15) is 0 Å². The standard InChI is InChI=1S/C17H19ClN2O4S/c1-19-25(22,23)15-6-4-5-12(10-15)17(21)20(2)11-13-9-14(18)7-8-16(13)24-3/h4-10,19H,11H2,1-3H3. The number of hydrogen-bond donors (Lipinski definition) is 1. The number of benzene rings is 2. The van der Waals surface area contributed by atoms with Crippen molar-refractivity contribution in [3.05, 3.63) is 58.6 Å². The van der Waals surface area contributed by atoms with Gasteiger partial charge in [0.1, 0.15) is 5.75 Å². The van der Waals surface area contributed by atoms with E-state index in [0.717, 1.165) is 5.56 Å². The van der Waals surface area contributed by atoms with Crippen LogP contribution in [-0.2, 0) is 16.6 Å². The quantitative estimate of drug-likeness (QED) is 0.833. The number of nitrogens with zero attached hydrogens (tertiary/aromatic N) is 1. The highest BCUT2D eigenvalue weighted by molar-refractivity contribution is 7.89. The number of rotatable bonds is 6. The number of amides is 1. The fraction of sp³-hybridized carbons (Fsp3) is 0.235. The summed E-state index contributed by atoms with van der Waals surface area (Å²) < 4.78 is 31.3. The molecule has 134 valence electrons. The second-order valence-electron chi connectivity index (χ2n) is 5.35. The molecule has 0 aromatic heterocycles. The normalized spacial score (nSPS) is 11.2. The molecule has 0 aliphatic heterocycles. The first kappa shape index (κ1) is 19.2. The van der Waals surface area contributed by atoms with Gasteiger partial charge < -0.3 is 9.64 Å². The maximum atomic E-state index is 12.6. The van der Waals surface area contributed by atoms with Gasteiger partial charge in [-0.3, -0.25) is 4.79 Å². The maximum Gasteiger partial charge on any atom is 0.253 e. The van der Waals surface area contributed by atoms with Crippen LogP contribution in [0, 0.1) is 0 Å². The molecule has 8 heteroatoms. The molecule has 0 atom stereocenters. The Bertz CT molecular complexity index is 884. The zero-order chi connectivity index (χ0) is 18.6. The molecule has 0 fully saturated rings. The van der Waals surface area contributed by atoms with Gasteiger partial charge in [0.15, 0.2) is 0 Å². The number of carbonyl (C=O) groups excluding carboxylic acids is 1. The van der Waals surface area contributed by atoms with Gasteiger partial charge in [-0.05, 0) is 43.4 Å². The first-order valence-corrected chi connectivity index (χ1v) is 9.26. The fourth-order valence-electron chi connectivity index (χ4n) is 2.33. The van der Waals surface area contributed by atoms with Crippen molar-refractivity contribution < 1.29 is 17.9 Å². The number of sulfonamides is 1. The summed E-state index contributed by atoms with van der Waals surface area (Å²) in [7, 11) is 0.877. The first-order valence-electron chi connectivity index (χ1n) is 7.40. The van der Waals surface area contributed by atoms with Crippen LogP contribution in [-0.4, -0.2) is 40.4 Å². The molecule has 6 nitrogen and oxygen atoms in total. The summed E-state index contributed by atoms with van der Waals surface area (Å²) in [6, 6.07) is 11.1. The molecular formula is C17H19ClN2O4S. The second kappa shape index (κ2) is 7.86. The third kappa shape index (κ3) is 4.50. The van der Waals surface area contributed by atoms with E-state index < -0.39 is 10.0 Å². The van der Waals surface area contributed by atoms with Crippen molar-refractivity contribution in [2.24, 2.45) is 0 Å². The summed E-state index contributed by atoms with van der Waals surface area (Å²) in [5.41, 5.74) is 1.03. The number of nitrogens with one attached hydrogen (secondary N) is 1. The van der Waals surface area contributed by atoms with Gasteiger partial charge in [0, 0.05) is 29.7 Å². The third-order valence-corrected chi connectivity index (χ3v) is 5.30. The van der Waals surface area contributed by atoms with E-state index in [1.807, 2.05) is 0 Å². The predicted octanol–water partition coefficient (Wildman–Crippen LogP) is 2.53. The van der Waals surface area contributed by atoms with Crippen molar-refractivity contribution in [3.8, 4) is 5.75 Å². The van der Waals surface area contributed by atoms with Gasteiger partial charge in [0.25, 0.3) is 5.91 Å². The highest BCUT2D eigenvalue weighted by Gasteiger charge is 2.18. The molecule has 0 spiro atoms. The molecule has 1 N–H and O–H groups in total. The predicted molar refractivity (Wildman–Crippen MR) is 96.5 cm³/mol. The van der Waals surface area contributed by atoms with E-state index in [4.69, 9.17) is 16.3 Å². The van der Waals surface area contributed by atoms with E-state index >= 15 is 0 Å². The summed E-state index contributed by atoms with van der Waals surface area (Å²) in [5.74, 6) is 0.311. The van der Waals surface area contributed by atoms with E-state index in [0.29, 0.717) is 10.8 Å². The van der Waals surface area contributed by atoms with E-state index in [9.17, 15) is 13.2 Å². The van der Waals surface area contributed by atoms with E-state index in [1.165, 1.54) is 30.1 Å². The lowest BCUT2D eigenvalue weighted by atomic mass is 10.1. The molecule has 2 aromatic carbocycles. The molecule has 0 aliphatic rings. The minimum atomic E-state index is -3.61. The summed E-state index contributed by atoms with van der Waals surface area (Å²) in [6.07, 6.45) is 0. The zero-order valence-electron chi connectivity index (χ0n) is 14.1. The number of halogens is 1. The largest absolute Gasteiger partial charge is 0.496 e. The molecule has 25 heavy (non-hydrogen) atoms. The van der Waals surface area contributed by atoms with E-state index in [-0.39, 0.29) is 22.9 Å². The Kier molecular flexibility index (Phi) is 6.05. The van der Waals surface area contributed by atoms with E-state index in [1.54, 1.807) is 38.4 Å². The molecule has 0 heterocycles. The lowest BCUT2D eigenvalue weighted by molar-refractivity contribution is 0.0784. The van der Waals surface area contributed by atoms with Crippen molar-refractivity contribution >= 4 is 27.5 Å². The molecule has 0 saturated carbocycles. The highest BCUT2D eigenvalue weighted by atomic mass is 35.5. The molecule has 1 amide bonds. The number of methoxy groups -OCH3 is 1. The molecule has 0 saturated heterocycles. The van der Waals surface area contributed by atoms with Crippen LogP contribution in [0.2, 0.25) is 5.02 Å². The van der Waals surface area contributed by atoms with Gasteiger partial charge in [-0.15, -0.1) is 0 Å². The summed E-state index contributed by atoms with van der Waals surface area (Å²) in [6.45, 7) is 0.269. The monoisotopic (exact) mass is 382 g/mol. The number of carbonyl (C=O) groups is 1. The van der Waals surface area contributed by atoms with Crippen molar-refractivity contribution in [3.63, 3.8) is 0 Å². The van der Waals surface area contributed by atoms with E-state index in [2.05, 4.69) is 4.72 Å². The smallest absolute Gasteiger partial charge is 0.253 e. The van der Waals surface area contributed by atoms with Gasteiger partial charge in [0.2, 0.25) is 10.0 Å². The minimum absolute atomic E-state index is 0.0367. The van der Waals surface area contributed by atoms with Crippen LogP contribution < -0.4 is 9.46 Å². The topological polar surface area (TPSA) is 75.7 Å². The Morgan fingerprint density at radius 2 is 1.96 bits per heavy atom. The summed E-state index contributed by atoms with van der Waals surface area (Å²) in [5, 5.41) is 0.541. The van der Waals surface area contributed by atoms with Crippen LogP contribution in [0.25, 0.3) is 0 Å². The van der Waals surface area contributed by atoms with Crippen molar-refractivity contribution in [2.75, 3.05) is 21.2 Å². The van der Waals surface area contributed by atoms with Gasteiger partial charge in [-0.1, -0.05) is 17.7 Å². The summed E-state index contributed by atoms with van der Waals surface area (Å²) in [4.78, 5) is 14.1. The molecule has 2 rings (SSSR count). The molecular weight excluding hydrogens is 364 g/mol. The molecule has 0 radical (unpaired) electrons. The minimum Gasteiger partial charge on any atom is -0.496 e. The Morgan fingerprint density at radius 3 is 2.60 bits per heavy atom. The maximum absolute atomic E-state index is 12.6. The second-order valence-corrected chi connectivity index (χ2v) is 7.68. The van der Waals surface area contributed by atoms with Crippen molar-refractivity contribution in [2.45, 2.75) is 11.4 Å². The SMILES string of the molecule is CNS(=O)(=O)c1cccc(C(=O)N(C)Cc2cc(Cl)ccc2OC)c1. The Labute approximate surface area is 152 Å². The van der Waals surface area contributed by atoms with Crippen LogP contribution in [0.1, 0.15) is 15.9 Å². The zero-order valence-corrected chi connectivity index (χ0v) is 15.7. The summed E-state index contributed by atoms with van der Waals surface area (Å²) >= 11 is 6.01. The van der Waals surface area contributed by atoms with Crippen LogP contribution in [0.5, 0.6) is 5.75 Å². The Morgan fingerprint density at radius 1 is 1.24 bits per heavy atom.